The van der Waals surface area contributed by atoms with E-state index < -0.39 is 0 Å². The first-order valence-corrected chi connectivity index (χ1v) is 45.8. The Morgan fingerprint density at radius 2 is 0.531 bits per heavy atom. The molecule has 128 heavy (non-hydrogen) atoms. The first-order valence-electron chi connectivity index (χ1n) is 45.8. The van der Waals surface area contributed by atoms with Crippen LogP contribution in [0.25, 0.3) is 91.1 Å². The van der Waals surface area contributed by atoms with Crippen LogP contribution in [0.2, 0.25) is 0 Å². The van der Waals surface area contributed by atoms with E-state index in [1.165, 1.54) is 152 Å². The lowest BCUT2D eigenvalue weighted by Gasteiger charge is -2.21. The van der Waals surface area contributed by atoms with E-state index in [4.69, 9.17) is 0 Å². The summed E-state index contributed by atoms with van der Waals surface area (Å²) in [6.07, 6.45) is 23.4. The molecule has 0 aliphatic heterocycles. The Hall–Kier alpha value is -13.3. The maximum atomic E-state index is 9.86. The Bertz CT molecular complexity index is 6600. The van der Waals surface area contributed by atoms with Crippen molar-refractivity contribution < 1.29 is 18.3 Å². The van der Waals surface area contributed by atoms with Gasteiger partial charge in [-0.05, 0) is 252 Å². The van der Waals surface area contributed by atoms with Gasteiger partial charge in [0.05, 0.1) is 62.1 Å². The zero-order chi connectivity index (χ0) is 92.3. The van der Waals surface area contributed by atoms with E-state index in [0.29, 0.717) is 58.6 Å². The van der Waals surface area contributed by atoms with Gasteiger partial charge in [0, 0.05) is 115 Å². The molecule has 0 N–H and O–H groups in total. The lowest BCUT2D eigenvalue weighted by molar-refractivity contribution is -0.661. The zero-order valence-corrected chi connectivity index (χ0v) is 81.1. The van der Waals surface area contributed by atoms with E-state index >= 15 is 0 Å². The van der Waals surface area contributed by atoms with Crippen LogP contribution in [0.5, 0.6) is 0 Å². The minimum Gasteiger partial charge on any atom is -0.324 e. The molecule has 14 heteroatoms. The number of imidazole rings is 4. The number of aryl methyl sites for hydroxylation is 11. The fourth-order valence-corrected chi connectivity index (χ4v) is 18.5. The van der Waals surface area contributed by atoms with E-state index in [-0.39, 0.29) is 0 Å². The minimum absolute atomic E-state index is 0.320. The minimum atomic E-state index is 0.320. The lowest BCUT2D eigenvalue weighted by Crippen LogP contribution is -2.33. The molecule has 0 radical (unpaired) electrons. The molecule has 0 amide bonds. The predicted molar refractivity (Wildman–Crippen MR) is 527 cm³/mol. The van der Waals surface area contributed by atoms with Crippen molar-refractivity contribution in [2.75, 3.05) is 0 Å². The molecule has 0 fully saturated rings. The normalized spacial score (nSPS) is 11.5. The molecule has 16 aromatic rings. The molecule has 14 nitrogen and oxygen atoms in total. The highest BCUT2D eigenvalue weighted by atomic mass is 15.2. The van der Waals surface area contributed by atoms with Crippen LogP contribution in [0.3, 0.4) is 0 Å². The maximum Gasteiger partial charge on any atom is 0.295 e. The summed E-state index contributed by atoms with van der Waals surface area (Å²) >= 11 is 0. The molecule has 656 valence electrons. The summed E-state index contributed by atoms with van der Waals surface area (Å²) in [6.45, 7) is 53.8. The third kappa shape index (κ3) is 18.5. The van der Waals surface area contributed by atoms with E-state index in [1.807, 2.05) is 36.0 Å². The van der Waals surface area contributed by atoms with Crippen molar-refractivity contribution >= 4 is 0 Å². The van der Waals surface area contributed by atoms with Crippen molar-refractivity contribution in [3.05, 3.63) is 357 Å². The summed E-state index contributed by atoms with van der Waals surface area (Å²) in [5.41, 5.74) is 36.6. The average Bonchev–Trinajstić information content (AvgIpc) is 1.56. The number of hydrogen-bond acceptors (Lipinski definition) is 2. The Morgan fingerprint density at radius 1 is 0.266 bits per heavy atom. The quantitative estimate of drug-likeness (QED) is 0.0710. The lowest BCUT2D eigenvalue weighted by atomic mass is 9.91. The fourth-order valence-electron chi connectivity index (χ4n) is 18.5. The van der Waals surface area contributed by atoms with Gasteiger partial charge in [-0.25, -0.2) is 18.3 Å². The molecule has 0 atom stereocenters. The van der Waals surface area contributed by atoms with Crippen LogP contribution in [0.1, 0.15) is 259 Å². The molecule has 8 aromatic heterocycles. The molecule has 8 heterocycles. The number of rotatable bonds is 20. The smallest absolute Gasteiger partial charge is 0.295 e. The molecule has 8 aromatic carbocycles. The Morgan fingerprint density at radius 3 is 0.812 bits per heavy atom. The average molecular weight is 1700 g/mol. The zero-order valence-electron chi connectivity index (χ0n) is 81.1. The Balaban J connectivity index is 0.000000146. The molecule has 0 saturated carbocycles. The molecule has 0 bridgehead atoms. The van der Waals surface area contributed by atoms with E-state index in [2.05, 4.69) is 482 Å². The standard InChI is InChI=1S/C30H35N4.C29H36N3.C28H31N4.C27H32N3/c1-19(2)26-16-25(34-22(6)10-11-23(34)7)17-27(20(3)4)29(26)33-14-13-32(8)30(33)28-15-24(18-31)12-9-21(28)5;1-19(2)26-17-24(32-22(6)13-14-23(32)7)18-27(20(3)4)28(26)31-16-15-30(8)29(31)25-12-10-9-11-21(25)5;1-19(2)25-15-22(31-13-9-10-14-31)16-26(20(3)4)27(25)32-18-23(17-29)30(6)28(32)24-12-8-7-11-21(24)5;1-19(2)24-17-22(29-13-9-10-14-29)18-25(20(3)4)26(24)30-16-15-28(6)27(30)23-12-8-7-11-21(23)5/h9-17,19-20H,1-8H3;9-20H,1-8H3;7-16,18-20H,1-6H3;7-20H,1-6H3/q4*+1. The largest absolute Gasteiger partial charge is 0.324 e. The predicted octanol–water partition coefficient (Wildman–Crippen LogP) is 26.2. The van der Waals surface area contributed by atoms with Crippen LogP contribution < -0.4 is 18.3 Å². The van der Waals surface area contributed by atoms with E-state index in [9.17, 15) is 10.5 Å². The summed E-state index contributed by atoms with van der Waals surface area (Å²) in [5.74, 6) is 7.48. The van der Waals surface area contributed by atoms with Gasteiger partial charge >= 0.3 is 0 Å². The number of benzene rings is 8. The van der Waals surface area contributed by atoms with Gasteiger partial charge in [0.25, 0.3) is 23.3 Å². The number of nitrogens with zero attached hydrogens (tertiary/aromatic N) is 14. The maximum absolute atomic E-state index is 9.86. The van der Waals surface area contributed by atoms with Crippen molar-refractivity contribution in [3.63, 3.8) is 0 Å². The van der Waals surface area contributed by atoms with Crippen LogP contribution in [-0.4, -0.2) is 36.5 Å². The molecule has 16 rings (SSSR count). The van der Waals surface area contributed by atoms with Gasteiger partial charge in [0.2, 0.25) is 5.69 Å². The van der Waals surface area contributed by atoms with Crippen LogP contribution in [0, 0.1) is 78.1 Å². The van der Waals surface area contributed by atoms with Gasteiger partial charge in [-0.1, -0.05) is 171 Å². The van der Waals surface area contributed by atoms with Crippen molar-refractivity contribution in [1.29, 1.82) is 10.5 Å². The van der Waals surface area contributed by atoms with Crippen LogP contribution in [0.15, 0.2) is 256 Å². The second-order valence-corrected chi connectivity index (χ2v) is 37.5. The second-order valence-electron chi connectivity index (χ2n) is 37.5. The topological polar surface area (TPSA) is 103 Å². The van der Waals surface area contributed by atoms with Gasteiger partial charge in [-0.2, -0.15) is 28.8 Å². The molecule has 0 unspecified atom stereocenters. The van der Waals surface area contributed by atoms with Crippen LogP contribution in [0.4, 0.5) is 0 Å². The van der Waals surface area contributed by atoms with E-state index in [0.717, 1.165) is 28.3 Å². The number of hydrogen-bond donors (Lipinski definition) is 0. The van der Waals surface area contributed by atoms with Crippen molar-refractivity contribution in [1.82, 2.24) is 36.5 Å². The molecule has 0 aliphatic carbocycles. The number of aromatic nitrogens is 12. The van der Waals surface area contributed by atoms with Gasteiger partial charge in [-0.3, -0.25) is 0 Å². The van der Waals surface area contributed by atoms with Crippen LogP contribution in [-0.2, 0) is 28.2 Å². The highest BCUT2D eigenvalue weighted by Gasteiger charge is 2.35. The summed E-state index contributed by atoms with van der Waals surface area (Å²) in [7, 11) is 8.34. The molecule has 0 spiro atoms. The SMILES string of the molecule is Cc1ccc(C#N)cc1-c1n(-c2c(C(C)C)cc(-n3c(C)ccc3C)cc2C(C)C)cc[n+]1C.Cc1ccccc1-c1n(-c2c(C(C)C)cc(-n3c(C)ccc3C)cc2C(C)C)cc[n+]1C.Cc1ccccc1-c1n(-c2c(C(C)C)cc(-n3cccc3)cc2C(C)C)cc(C#N)[n+]1C.Cc1ccccc1-c1n(-c2c(C(C)C)cc(-n3cccc3)cc2C(C)C)cc[n+]1C. The summed E-state index contributed by atoms with van der Waals surface area (Å²) in [5, 5.41) is 19.4. The van der Waals surface area contributed by atoms with Gasteiger partial charge in [0.1, 0.15) is 66.0 Å². The summed E-state index contributed by atoms with van der Waals surface area (Å²) in [4.78, 5) is 0. The number of nitriles is 2. The van der Waals surface area contributed by atoms with Gasteiger partial charge < -0.3 is 18.3 Å². The third-order valence-corrected chi connectivity index (χ3v) is 25.5. The van der Waals surface area contributed by atoms with E-state index in [1.54, 1.807) is 0 Å². The summed E-state index contributed by atoms with van der Waals surface area (Å²) < 4.78 is 27.1. The monoisotopic (exact) mass is 1700 g/mol. The van der Waals surface area contributed by atoms with Crippen molar-refractivity contribution in [2.24, 2.45) is 28.2 Å². The molecular weight excluding hydrogens is 1570 g/mol. The fraction of sp³-hybridized carbons (Fsp3) is 0.316. The molecule has 0 aliphatic rings. The van der Waals surface area contributed by atoms with Crippen LogP contribution >= 0.6 is 0 Å². The highest BCUT2D eigenvalue weighted by Crippen LogP contribution is 2.43. The highest BCUT2D eigenvalue weighted by molar-refractivity contribution is 5.71. The van der Waals surface area contributed by atoms with Crippen molar-refractivity contribution in [3.8, 4) is 103 Å². The third-order valence-electron chi connectivity index (χ3n) is 25.5. The first-order chi connectivity index (χ1) is 61.0. The van der Waals surface area contributed by atoms with Gasteiger partial charge in [-0.15, -0.1) is 0 Å². The Kier molecular flexibility index (Phi) is 28.1. The van der Waals surface area contributed by atoms with Gasteiger partial charge in [0.15, 0.2) is 6.20 Å². The summed E-state index contributed by atoms with van der Waals surface area (Å²) in [6, 6.07) is 72.2. The molecule has 0 saturated heterocycles. The Labute approximate surface area is 762 Å². The second kappa shape index (κ2) is 38.9. The van der Waals surface area contributed by atoms with Crippen molar-refractivity contribution in [2.45, 2.75) is 214 Å². The molecular formula is C114H134N14+4. The first kappa shape index (κ1) is 92.4.